The van der Waals surface area contributed by atoms with Crippen molar-refractivity contribution in [1.29, 1.82) is 0 Å². The van der Waals surface area contributed by atoms with E-state index in [1.807, 2.05) is 0 Å². The molecule has 0 aromatic heterocycles. The van der Waals surface area contributed by atoms with Crippen LogP contribution in [0.1, 0.15) is 20.8 Å². The van der Waals surface area contributed by atoms with Crippen molar-refractivity contribution < 1.29 is 64.3 Å². The molecule has 0 heterocycles. The van der Waals surface area contributed by atoms with Gasteiger partial charge in [-0.2, -0.15) is 0 Å². The first-order valence-electron chi connectivity index (χ1n) is 3.17. The molecular formula is C5H12BF3KN. The van der Waals surface area contributed by atoms with E-state index in [2.05, 4.69) is 5.32 Å². The normalized spacial score (nSPS) is 12.5. The summed E-state index contributed by atoms with van der Waals surface area (Å²) in [5, 5.41) is 2.36. The fourth-order valence-corrected chi connectivity index (χ4v) is 0.422. The molecule has 0 rings (SSSR count). The summed E-state index contributed by atoms with van der Waals surface area (Å²) in [6, 6.07) is 0. The number of rotatable bonds is 2. The molecule has 0 bridgehead atoms. The van der Waals surface area contributed by atoms with Gasteiger partial charge in [0.15, 0.2) is 0 Å². The minimum atomic E-state index is -4.68. The summed E-state index contributed by atoms with van der Waals surface area (Å²) < 4.78 is 34.8. The van der Waals surface area contributed by atoms with Crippen LogP contribution in [0, 0.1) is 0 Å². The Hall–Kier alpha value is 1.45. The topological polar surface area (TPSA) is 12.0 Å². The van der Waals surface area contributed by atoms with Crippen molar-refractivity contribution in [3.05, 3.63) is 0 Å². The van der Waals surface area contributed by atoms with Crippen LogP contribution in [-0.2, 0) is 0 Å². The van der Waals surface area contributed by atoms with Crippen LogP contribution in [0.3, 0.4) is 0 Å². The van der Waals surface area contributed by atoms with E-state index in [-0.39, 0.29) is 51.4 Å². The summed E-state index contributed by atoms with van der Waals surface area (Å²) in [4.78, 5) is 0. The molecule has 0 saturated heterocycles. The zero-order valence-corrected chi connectivity index (χ0v) is 10.5. The first-order chi connectivity index (χ1) is 4.21. The Morgan fingerprint density at radius 2 is 1.55 bits per heavy atom. The van der Waals surface area contributed by atoms with Gasteiger partial charge >= 0.3 is 58.4 Å². The van der Waals surface area contributed by atoms with Gasteiger partial charge < -0.3 is 18.3 Å². The van der Waals surface area contributed by atoms with Gasteiger partial charge in [-0.25, -0.2) is 0 Å². The second-order valence-corrected chi connectivity index (χ2v) is 3.34. The Bertz CT molecular complexity index is 95.3. The molecule has 6 heteroatoms. The standard InChI is InChI=1S/C5H12BF3N.K/c1-5(2,3)10-4-6(7,8)9;/h10H,4H2,1-3H3;/q-1;+1. The molecule has 0 saturated carbocycles. The molecule has 0 spiro atoms. The first-order valence-corrected chi connectivity index (χ1v) is 3.17. The summed E-state index contributed by atoms with van der Waals surface area (Å²) in [6.45, 7) is 0.432. The predicted octanol–water partition coefficient (Wildman–Crippen LogP) is -1.23. The molecular weight excluding hydrogens is 181 g/mol. The summed E-state index contributed by atoms with van der Waals surface area (Å²) in [7, 11) is 0. The molecule has 1 nitrogen and oxygen atoms in total. The van der Waals surface area contributed by atoms with E-state index in [1.54, 1.807) is 20.8 Å². The Kier molecular flexibility index (Phi) is 7.12. The van der Waals surface area contributed by atoms with Crippen LogP contribution in [0.15, 0.2) is 0 Å². The Balaban J connectivity index is 0. The van der Waals surface area contributed by atoms with Crippen molar-refractivity contribution in [3.63, 3.8) is 0 Å². The van der Waals surface area contributed by atoms with Crippen molar-refractivity contribution in [1.82, 2.24) is 5.32 Å². The van der Waals surface area contributed by atoms with Crippen LogP contribution < -0.4 is 56.7 Å². The van der Waals surface area contributed by atoms with Gasteiger partial charge in [0.2, 0.25) is 0 Å². The number of nitrogens with one attached hydrogen (secondary N) is 1. The maximum Gasteiger partial charge on any atom is 1.00 e. The molecule has 62 valence electrons. The fraction of sp³-hybridized carbons (Fsp3) is 1.00. The van der Waals surface area contributed by atoms with E-state index in [9.17, 15) is 12.9 Å². The molecule has 0 unspecified atom stereocenters. The largest absolute Gasteiger partial charge is 1.00 e. The van der Waals surface area contributed by atoms with Crippen LogP contribution in [0.5, 0.6) is 0 Å². The second kappa shape index (κ2) is 5.24. The van der Waals surface area contributed by atoms with Gasteiger partial charge in [0.05, 0.1) is 0 Å². The summed E-state index contributed by atoms with van der Waals surface area (Å²) in [6.07, 6.45) is -0.858. The average Bonchev–Trinajstić information content (AvgIpc) is 1.57. The molecule has 0 aromatic rings. The average molecular weight is 193 g/mol. The van der Waals surface area contributed by atoms with E-state index in [4.69, 9.17) is 0 Å². The third-order valence-electron chi connectivity index (χ3n) is 0.864. The molecule has 0 atom stereocenters. The van der Waals surface area contributed by atoms with Crippen LogP contribution >= 0.6 is 0 Å². The van der Waals surface area contributed by atoms with Gasteiger partial charge in [0.1, 0.15) is 0 Å². The van der Waals surface area contributed by atoms with Crippen LogP contribution in [0.4, 0.5) is 12.9 Å². The van der Waals surface area contributed by atoms with Crippen LogP contribution in [0.25, 0.3) is 0 Å². The SMILES string of the molecule is CC(C)(C)NC[B-](F)(F)F.[K+]. The van der Waals surface area contributed by atoms with Crippen molar-refractivity contribution in [3.8, 4) is 0 Å². The van der Waals surface area contributed by atoms with E-state index < -0.39 is 19.0 Å². The molecule has 1 N–H and O–H groups in total. The van der Waals surface area contributed by atoms with Crippen LogP contribution in [0.2, 0.25) is 0 Å². The smallest absolute Gasteiger partial charge is 0.448 e. The maximum absolute atomic E-state index is 11.6. The minimum Gasteiger partial charge on any atom is -0.448 e. The Morgan fingerprint density at radius 3 is 1.64 bits per heavy atom. The summed E-state index contributed by atoms with van der Waals surface area (Å²) in [5.41, 5.74) is -0.447. The van der Waals surface area contributed by atoms with E-state index >= 15 is 0 Å². The van der Waals surface area contributed by atoms with E-state index in [0.717, 1.165) is 0 Å². The van der Waals surface area contributed by atoms with Crippen molar-refractivity contribution in [2.24, 2.45) is 0 Å². The number of hydrogen-bond acceptors (Lipinski definition) is 1. The monoisotopic (exact) mass is 193 g/mol. The van der Waals surface area contributed by atoms with Crippen molar-refractivity contribution in [2.75, 3.05) is 6.44 Å². The van der Waals surface area contributed by atoms with Gasteiger partial charge in [-0.05, 0) is 27.2 Å². The maximum atomic E-state index is 11.6. The molecule has 0 aliphatic carbocycles. The molecule has 11 heavy (non-hydrogen) atoms. The zero-order chi connectivity index (χ0) is 8.41. The van der Waals surface area contributed by atoms with E-state index in [1.165, 1.54) is 0 Å². The molecule has 0 aliphatic rings. The molecule has 0 aliphatic heterocycles. The first kappa shape index (κ1) is 14.9. The number of halogens is 3. The van der Waals surface area contributed by atoms with Gasteiger partial charge in [0, 0.05) is 5.54 Å². The molecule has 0 fully saturated rings. The predicted molar refractivity (Wildman–Crippen MR) is 36.8 cm³/mol. The minimum absolute atomic E-state index is 0. The van der Waals surface area contributed by atoms with Gasteiger partial charge in [-0.3, -0.25) is 0 Å². The molecule has 0 amide bonds. The van der Waals surface area contributed by atoms with Gasteiger partial charge in [-0.15, -0.1) is 0 Å². The van der Waals surface area contributed by atoms with Crippen LogP contribution in [-0.4, -0.2) is 19.0 Å². The Labute approximate surface area is 108 Å². The quantitative estimate of drug-likeness (QED) is 0.541. The summed E-state index contributed by atoms with van der Waals surface area (Å²) in [5.74, 6) is 0. The fourth-order valence-electron chi connectivity index (χ4n) is 0.422. The van der Waals surface area contributed by atoms with Gasteiger partial charge in [0.25, 0.3) is 0 Å². The third-order valence-corrected chi connectivity index (χ3v) is 0.864. The second-order valence-electron chi connectivity index (χ2n) is 3.34. The third kappa shape index (κ3) is 14.3. The Morgan fingerprint density at radius 1 is 1.18 bits per heavy atom. The van der Waals surface area contributed by atoms with Crippen molar-refractivity contribution in [2.45, 2.75) is 26.3 Å². The molecule has 0 radical (unpaired) electrons. The zero-order valence-electron chi connectivity index (χ0n) is 7.42. The summed E-state index contributed by atoms with van der Waals surface area (Å²) >= 11 is 0. The number of hydrogen-bond donors (Lipinski definition) is 1. The molecule has 0 aromatic carbocycles. The van der Waals surface area contributed by atoms with Gasteiger partial charge in [-0.1, -0.05) is 0 Å². The van der Waals surface area contributed by atoms with E-state index in [0.29, 0.717) is 0 Å². The van der Waals surface area contributed by atoms with Crippen molar-refractivity contribution >= 4 is 6.98 Å².